The first-order chi connectivity index (χ1) is 8.87. The van der Waals surface area contributed by atoms with Crippen LogP contribution in [0.5, 0.6) is 0 Å². The quantitative estimate of drug-likeness (QED) is 0.758. The molecule has 0 aliphatic rings. The minimum Gasteiger partial charge on any atom is -0.460 e. The SMILES string of the molecule is CC(C)(C)OC(=O)Cc1n[nH]c(=O)c2ncnnc12. The number of rotatable bonds is 2. The van der Waals surface area contributed by atoms with Gasteiger partial charge in [-0.25, -0.2) is 10.1 Å². The lowest BCUT2D eigenvalue weighted by Gasteiger charge is -2.19. The van der Waals surface area contributed by atoms with E-state index >= 15 is 0 Å². The summed E-state index contributed by atoms with van der Waals surface area (Å²) < 4.78 is 5.18. The Morgan fingerprint density at radius 2 is 2.11 bits per heavy atom. The zero-order chi connectivity index (χ0) is 14.0. The van der Waals surface area contributed by atoms with Gasteiger partial charge in [-0.15, -0.1) is 10.2 Å². The summed E-state index contributed by atoms with van der Waals surface area (Å²) in [6.07, 6.45) is 1.06. The van der Waals surface area contributed by atoms with Gasteiger partial charge in [-0.2, -0.15) is 5.10 Å². The third kappa shape index (κ3) is 3.09. The van der Waals surface area contributed by atoms with Crippen LogP contribution in [-0.4, -0.2) is 36.9 Å². The van der Waals surface area contributed by atoms with Gasteiger partial charge in [0.2, 0.25) is 0 Å². The van der Waals surface area contributed by atoms with Crippen molar-refractivity contribution >= 4 is 17.0 Å². The number of aromatic nitrogens is 5. The second kappa shape index (κ2) is 4.71. The minimum absolute atomic E-state index is 0.101. The van der Waals surface area contributed by atoms with Crippen molar-refractivity contribution in [3.05, 3.63) is 22.4 Å². The molecule has 2 rings (SSSR count). The monoisotopic (exact) mass is 263 g/mol. The maximum atomic E-state index is 11.7. The first-order valence-corrected chi connectivity index (χ1v) is 5.63. The number of aromatic amines is 1. The van der Waals surface area contributed by atoms with E-state index in [0.29, 0.717) is 0 Å². The predicted octanol–water partition coefficient (Wildman–Crippen LogP) is -0.00770. The zero-order valence-corrected chi connectivity index (χ0v) is 10.8. The highest BCUT2D eigenvalue weighted by Crippen LogP contribution is 2.11. The van der Waals surface area contributed by atoms with Gasteiger partial charge in [0.1, 0.15) is 23.1 Å². The van der Waals surface area contributed by atoms with Crippen LogP contribution in [0.1, 0.15) is 26.5 Å². The van der Waals surface area contributed by atoms with Gasteiger partial charge in [0.05, 0.1) is 6.42 Å². The molecule has 0 aliphatic carbocycles. The third-order valence-corrected chi connectivity index (χ3v) is 2.13. The molecule has 0 aliphatic heterocycles. The second-order valence-electron chi connectivity index (χ2n) is 4.92. The normalized spacial score (nSPS) is 11.5. The van der Waals surface area contributed by atoms with Gasteiger partial charge < -0.3 is 4.74 Å². The molecule has 8 nitrogen and oxygen atoms in total. The van der Waals surface area contributed by atoms with Crippen molar-refractivity contribution in [1.29, 1.82) is 0 Å². The van der Waals surface area contributed by atoms with Crippen molar-refractivity contribution in [2.75, 3.05) is 0 Å². The molecule has 2 heterocycles. The molecule has 0 saturated carbocycles. The van der Waals surface area contributed by atoms with Gasteiger partial charge >= 0.3 is 5.97 Å². The van der Waals surface area contributed by atoms with Gasteiger partial charge in [0.25, 0.3) is 5.56 Å². The summed E-state index contributed by atoms with van der Waals surface area (Å²) in [6.45, 7) is 5.31. The van der Waals surface area contributed by atoms with E-state index in [1.165, 1.54) is 0 Å². The fourth-order valence-corrected chi connectivity index (χ4v) is 1.50. The van der Waals surface area contributed by atoms with E-state index in [0.717, 1.165) is 6.33 Å². The lowest BCUT2D eigenvalue weighted by atomic mass is 10.2. The van der Waals surface area contributed by atoms with E-state index in [1.54, 1.807) is 20.8 Å². The van der Waals surface area contributed by atoms with Crippen LogP contribution < -0.4 is 5.56 Å². The smallest absolute Gasteiger partial charge is 0.312 e. The number of nitrogens with zero attached hydrogens (tertiary/aromatic N) is 4. The van der Waals surface area contributed by atoms with Gasteiger partial charge in [-0.3, -0.25) is 9.59 Å². The zero-order valence-electron chi connectivity index (χ0n) is 10.8. The summed E-state index contributed by atoms with van der Waals surface area (Å²) in [5.74, 6) is -0.459. The van der Waals surface area contributed by atoms with Crippen molar-refractivity contribution < 1.29 is 9.53 Å². The molecule has 100 valence electrons. The molecular formula is C11H13N5O3. The Kier molecular flexibility index (Phi) is 3.24. The van der Waals surface area contributed by atoms with Crippen molar-refractivity contribution in [1.82, 2.24) is 25.4 Å². The molecule has 2 aromatic rings. The van der Waals surface area contributed by atoms with Crippen LogP contribution in [0, 0.1) is 0 Å². The van der Waals surface area contributed by atoms with E-state index in [4.69, 9.17) is 4.74 Å². The summed E-state index contributed by atoms with van der Waals surface area (Å²) >= 11 is 0. The molecule has 0 saturated heterocycles. The average molecular weight is 263 g/mol. The maximum Gasteiger partial charge on any atom is 0.312 e. The van der Waals surface area contributed by atoms with Crippen molar-refractivity contribution in [2.24, 2.45) is 0 Å². The van der Waals surface area contributed by atoms with Crippen LogP contribution >= 0.6 is 0 Å². The molecule has 0 unspecified atom stereocenters. The summed E-state index contributed by atoms with van der Waals surface area (Å²) in [6, 6.07) is 0. The Morgan fingerprint density at radius 3 is 2.79 bits per heavy atom. The number of nitrogens with one attached hydrogen (secondary N) is 1. The van der Waals surface area contributed by atoms with Crippen LogP contribution in [0.2, 0.25) is 0 Å². The number of hydrogen-bond acceptors (Lipinski definition) is 7. The topological polar surface area (TPSA) is 111 Å². The van der Waals surface area contributed by atoms with Crippen LogP contribution in [0.25, 0.3) is 11.0 Å². The predicted molar refractivity (Wildman–Crippen MR) is 65.3 cm³/mol. The summed E-state index contributed by atoms with van der Waals surface area (Å²) in [4.78, 5) is 27.0. The molecule has 8 heteroatoms. The van der Waals surface area contributed by atoms with Gasteiger partial charge in [0.15, 0.2) is 5.52 Å². The van der Waals surface area contributed by atoms with Crippen LogP contribution in [0.3, 0.4) is 0 Å². The number of H-pyrrole nitrogens is 1. The van der Waals surface area contributed by atoms with E-state index in [9.17, 15) is 9.59 Å². The number of esters is 1. The molecule has 0 fully saturated rings. The van der Waals surface area contributed by atoms with E-state index in [2.05, 4.69) is 25.4 Å². The Morgan fingerprint density at radius 1 is 1.37 bits per heavy atom. The van der Waals surface area contributed by atoms with Gasteiger partial charge in [-0.05, 0) is 20.8 Å². The fourth-order valence-electron chi connectivity index (χ4n) is 1.50. The molecule has 1 N–H and O–H groups in total. The highest BCUT2D eigenvalue weighted by molar-refractivity contribution is 5.80. The lowest BCUT2D eigenvalue weighted by Crippen LogP contribution is -2.26. The third-order valence-electron chi connectivity index (χ3n) is 2.13. The number of carbonyl (C=O) groups is 1. The van der Waals surface area contributed by atoms with E-state index in [1.807, 2.05) is 0 Å². The van der Waals surface area contributed by atoms with Crippen molar-refractivity contribution in [3.63, 3.8) is 0 Å². The molecule has 0 amide bonds. The Bertz CT molecular complexity index is 674. The molecular weight excluding hydrogens is 250 g/mol. The summed E-state index contributed by atoms with van der Waals surface area (Å²) in [5.41, 5.74) is -0.470. The Labute approximate surface area is 108 Å². The average Bonchev–Trinajstić information content (AvgIpc) is 2.31. The molecule has 0 spiro atoms. The first kappa shape index (κ1) is 13.1. The highest BCUT2D eigenvalue weighted by Gasteiger charge is 2.19. The number of carbonyl (C=O) groups excluding carboxylic acids is 1. The highest BCUT2D eigenvalue weighted by atomic mass is 16.6. The van der Waals surface area contributed by atoms with Crippen LogP contribution in [0.4, 0.5) is 0 Å². The molecule has 0 atom stereocenters. The molecule has 0 aromatic carbocycles. The number of ether oxygens (including phenoxy) is 1. The summed E-state index contributed by atoms with van der Waals surface area (Å²) in [7, 11) is 0. The van der Waals surface area contributed by atoms with Gasteiger partial charge in [0, 0.05) is 0 Å². The Balaban J connectivity index is 2.34. The Hall–Kier alpha value is -2.38. The van der Waals surface area contributed by atoms with Gasteiger partial charge in [-0.1, -0.05) is 0 Å². The van der Waals surface area contributed by atoms with E-state index < -0.39 is 17.1 Å². The summed E-state index contributed by atoms with van der Waals surface area (Å²) in [5, 5.41) is 13.4. The largest absolute Gasteiger partial charge is 0.460 e. The molecule has 0 radical (unpaired) electrons. The minimum atomic E-state index is -0.584. The number of hydrogen-bond donors (Lipinski definition) is 1. The number of fused-ring (bicyclic) bond motifs is 1. The first-order valence-electron chi connectivity index (χ1n) is 5.63. The fraction of sp³-hybridized carbons (Fsp3) is 0.455. The van der Waals surface area contributed by atoms with E-state index in [-0.39, 0.29) is 23.1 Å². The molecule has 2 aromatic heterocycles. The lowest BCUT2D eigenvalue weighted by molar-refractivity contribution is -0.153. The maximum absolute atomic E-state index is 11.7. The van der Waals surface area contributed by atoms with Crippen LogP contribution in [-0.2, 0) is 16.0 Å². The molecule has 19 heavy (non-hydrogen) atoms. The second-order valence-corrected chi connectivity index (χ2v) is 4.92. The standard InChI is InChI=1S/C11H13N5O3/c1-11(2,3)19-7(17)4-6-8-9(10(18)16-14-6)12-5-13-15-8/h5H,4H2,1-3H3,(H,16,18). The molecule has 0 bridgehead atoms. The van der Waals surface area contributed by atoms with Crippen LogP contribution in [0.15, 0.2) is 11.1 Å². The van der Waals surface area contributed by atoms with Crippen molar-refractivity contribution in [2.45, 2.75) is 32.8 Å². The van der Waals surface area contributed by atoms with Crippen molar-refractivity contribution in [3.8, 4) is 0 Å².